The zero-order chi connectivity index (χ0) is 12.8. The van der Waals surface area contributed by atoms with Crippen molar-refractivity contribution in [2.24, 2.45) is 11.3 Å². The van der Waals surface area contributed by atoms with Crippen LogP contribution in [0, 0.1) is 11.3 Å². The lowest BCUT2D eigenvalue weighted by Gasteiger charge is -2.26. The molecule has 0 aromatic rings. The Kier molecular flexibility index (Phi) is 5.01. The van der Waals surface area contributed by atoms with E-state index in [0.717, 1.165) is 65.0 Å². The Bertz CT molecular complexity index is 269. The summed E-state index contributed by atoms with van der Waals surface area (Å²) in [5, 5.41) is 6.47. The molecule has 2 aliphatic heterocycles. The fraction of sp³-hybridized carbons (Fsp3) is 0.929. The van der Waals surface area contributed by atoms with E-state index in [1.165, 1.54) is 0 Å². The van der Waals surface area contributed by atoms with Crippen LogP contribution in [0.2, 0.25) is 0 Å². The van der Waals surface area contributed by atoms with Gasteiger partial charge in [0.2, 0.25) is 5.91 Å². The predicted molar refractivity (Wildman–Crippen MR) is 71.4 cm³/mol. The van der Waals surface area contributed by atoms with Gasteiger partial charge >= 0.3 is 0 Å². The minimum atomic E-state index is -0.138. The van der Waals surface area contributed by atoms with Crippen molar-refractivity contribution in [2.75, 3.05) is 32.8 Å². The van der Waals surface area contributed by atoms with Gasteiger partial charge in [0.15, 0.2) is 0 Å². The molecule has 2 unspecified atom stereocenters. The predicted octanol–water partition coefficient (Wildman–Crippen LogP) is 1.31. The standard InChI is InChI=1S/C14H26N2O2/c1-2-5-14(6-8-15-11-14)13(17)16-7-3-12-4-9-18-10-12/h12,15H,2-11H2,1H3,(H,16,17). The van der Waals surface area contributed by atoms with Crippen LogP contribution >= 0.6 is 0 Å². The molecule has 2 heterocycles. The smallest absolute Gasteiger partial charge is 0.227 e. The van der Waals surface area contributed by atoms with Crippen LogP contribution in [0.4, 0.5) is 0 Å². The normalized spacial score (nSPS) is 31.7. The Balaban J connectivity index is 1.74. The Morgan fingerprint density at radius 1 is 1.56 bits per heavy atom. The van der Waals surface area contributed by atoms with Crippen LogP contribution in [0.5, 0.6) is 0 Å². The molecule has 18 heavy (non-hydrogen) atoms. The summed E-state index contributed by atoms with van der Waals surface area (Å²) in [7, 11) is 0. The third-order valence-corrected chi connectivity index (χ3v) is 4.32. The molecule has 4 nitrogen and oxygen atoms in total. The molecule has 2 aliphatic rings. The first-order valence-electron chi connectivity index (χ1n) is 7.33. The highest BCUT2D eigenvalue weighted by Crippen LogP contribution is 2.31. The number of amides is 1. The lowest BCUT2D eigenvalue weighted by molar-refractivity contribution is -0.130. The second-order valence-corrected chi connectivity index (χ2v) is 5.73. The summed E-state index contributed by atoms with van der Waals surface area (Å²) >= 11 is 0. The first kappa shape index (κ1) is 13.8. The highest BCUT2D eigenvalue weighted by molar-refractivity contribution is 5.83. The molecule has 2 fully saturated rings. The molecule has 0 spiro atoms. The third kappa shape index (κ3) is 3.23. The minimum Gasteiger partial charge on any atom is -0.381 e. The summed E-state index contributed by atoms with van der Waals surface area (Å²) < 4.78 is 5.35. The maximum absolute atomic E-state index is 12.3. The summed E-state index contributed by atoms with van der Waals surface area (Å²) in [4.78, 5) is 12.3. The van der Waals surface area contributed by atoms with Crippen molar-refractivity contribution in [2.45, 2.75) is 39.0 Å². The Hall–Kier alpha value is -0.610. The average molecular weight is 254 g/mol. The second-order valence-electron chi connectivity index (χ2n) is 5.73. The molecule has 0 aromatic carbocycles. The topological polar surface area (TPSA) is 50.4 Å². The third-order valence-electron chi connectivity index (χ3n) is 4.32. The molecular weight excluding hydrogens is 228 g/mol. The summed E-state index contributed by atoms with van der Waals surface area (Å²) in [6, 6.07) is 0. The number of hydrogen-bond donors (Lipinski definition) is 2. The summed E-state index contributed by atoms with van der Waals surface area (Å²) in [5.74, 6) is 0.905. The molecule has 4 heteroatoms. The minimum absolute atomic E-state index is 0.138. The first-order valence-corrected chi connectivity index (χ1v) is 7.33. The van der Waals surface area contributed by atoms with Crippen LogP contribution in [0.25, 0.3) is 0 Å². The molecule has 1 amide bonds. The van der Waals surface area contributed by atoms with Gasteiger partial charge in [0.25, 0.3) is 0 Å². The largest absolute Gasteiger partial charge is 0.381 e. The van der Waals surface area contributed by atoms with Crippen LogP contribution in [0.3, 0.4) is 0 Å². The van der Waals surface area contributed by atoms with Gasteiger partial charge in [-0.3, -0.25) is 4.79 Å². The lowest BCUT2D eigenvalue weighted by atomic mass is 9.81. The highest BCUT2D eigenvalue weighted by atomic mass is 16.5. The second kappa shape index (κ2) is 6.53. The Morgan fingerprint density at radius 2 is 2.44 bits per heavy atom. The van der Waals surface area contributed by atoms with Crippen molar-refractivity contribution in [1.29, 1.82) is 0 Å². The van der Waals surface area contributed by atoms with Crippen molar-refractivity contribution in [1.82, 2.24) is 10.6 Å². The number of carbonyl (C=O) groups is 1. The van der Waals surface area contributed by atoms with Gasteiger partial charge in [0.05, 0.1) is 5.41 Å². The van der Waals surface area contributed by atoms with Crippen molar-refractivity contribution < 1.29 is 9.53 Å². The van der Waals surface area contributed by atoms with Crippen molar-refractivity contribution >= 4 is 5.91 Å². The van der Waals surface area contributed by atoms with Crippen LogP contribution in [-0.4, -0.2) is 38.8 Å². The van der Waals surface area contributed by atoms with Gasteiger partial charge in [0.1, 0.15) is 0 Å². The molecule has 104 valence electrons. The number of nitrogens with one attached hydrogen (secondary N) is 2. The summed E-state index contributed by atoms with van der Waals surface area (Å²) in [6.45, 7) is 6.55. The van der Waals surface area contributed by atoms with E-state index >= 15 is 0 Å². The quantitative estimate of drug-likeness (QED) is 0.751. The van der Waals surface area contributed by atoms with Gasteiger partial charge < -0.3 is 15.4 Å². The van der Waals surface area contributed by atoms with E-state index in [9.17, 15) is 4.79 Å². The molecule has 0 saturated carbocycles. The molecular formula is C14H26N2O2. The molecule has 2 saturated heterocycles. The Labute approximate surface area is 110 Å². The lowest BCUT2D eigenvalue weighted by Crippen LogP contribution is -2.43. The van der Waals surface area contributed by atoms with E-state index in [-0.39, 0.29) is 11.3 Å². The van der Waals surface area contributed by atoms with E-state index < -0.39 is 0 Å². The molecule has 2 N–H and O–H groups in total. The van der Waals surface area contributed by atoms with Gasteiger partial charge in [-0.15, -0.1) is 0 Å². The maximum Gasteiger partial charge on any atom is 0.227 e. The number of carbonyl (C=O) groups excluding carboxylic acids is 1. The number of ether oxygens (including phenoxy) is 1. The fourth-order valence-corrected chi connectivity index (χ4v) is 3.13. The first-order chi connectivity index (χ1) is 8.77. The number of hydrogen-bond acceptors (Lipinski definition) is 3. The van der Waals surface area contributed by atoms with Crippen LogP contribution in [0.15, 0.2) is 0 Å². The number of rotatable bonds is 6. The molecule has 2 atom stereocenters. The highest BCUT2D eigenvalue weighted by Gasteiger charge is 2.39. The molecule has 0 bridgehead atoms. The van der Waals surface area contributed by atoms with Crippen LogP contribution in [-0.2, 0) is 9.53 Å². The van der Waals surface area contributed by atoms with E-state index in [1.54, 1.807) is 0 Å². The molecule has 0 aromatic heterocycles. The van der Waals surface area contributed by atoms with E-state index in [1.807, 2.05) is 0 Å². The van der Waals surface area contributed by atoms with Crippen LogP contribution in [0.1, 0.15) is 39.0 Å². The van der Waals surface area contributed by atoms with E-state index in [2.05, 4.69) is 17.6 Å². The zero-order valence-corrected chi connectivity index (χ0v) is 11.5. The van der Waals surface area contributed by atoms with Crippen LogP contribution < -0.4 is 10.6 Å². The summed E-state index contributed by atoms with van der Waals surface area (Å²) in [5.41, 5.74) is -0.138. The van der Waals surface area contributed by atoms with Gasteiger partial charge in [-0.05, 0) is 38.1 Å². The Morgan fingerprint density at radius 3 is 3.06 bits per heavy atom. The van der Waals surface area contributed by atoms with Crippen molar-refractivity contribution in [3.8, 4) is 0 Å². The van der Waals surface area contributed by atoms with Crippen molar-refractivity contribution in [3.05, 3.63) is 0 Å². The summed E-state index contributed by atoms with van der Waals surface area (Å²) in [6.07, 6.45) is 5.27. The zero-order valence-electron chi connectivity index (χ0n) is 11.5. The molecule has 2 rings (SSSR count). The van der Waals surface area contributed by atoms with E-state index in [0.29, 0.717) is 5.92 Å². The van der Waals surface area contributed by atoms with Crippen molar-refractivity contribution in [3.63, 3.8) is 0 Å². The van der Waals surface area contributed by atoms with Gasteiger partial charge in [0, 0.05) is 26.3 Å². The van der Waals surface area contributed by atoms with E-state index in [4.69, 9.17) is 4.74 Å². The van der Waals surface area contributed by atoms with Gasteiger partial charge in [-0.2, -0.15) is 0 Å². The monoisotopic (exact) mass is 254 g/mol. The molecule has 0 aliphatic carbocycles. The SMILES string of the molecule is CCCC1(C(=O)NCCC2CCOC2)CCNC1. The fourth-order valence-electron chi connectivity index (χ4n) is 3.13. The van der Waals surface area contributed by atoms with Gasteiger partial charge in [-0.1, -0.05) is 13.3 Å². The van der Waals surface area contributed by atoms with Gasteiger partial charge in [-0.25, -0.2) is 0 Å². The molecule has 0 radical (unpaired) electrons. The maximum atomic E-state index is 12.3. The average Bonchev–Trinajstić information content (AvgIpc) is 3.01.